The molecule has 0 atom stereocenters. The highest BCUT2D eigenvalue weighted by Crippen LogP contribution is 2.29. The first-order valence-electron chi connectivity index (χ1n) is 6.64. The van der Waals surface area contributed by atoms with E-state index in [0.29, 0.717) is 6.04 Å². The molecule has 2 aromatic rings. The van der Waals surface area contributed by atoms with Crippen LogP contribution in [0.4, 0.5) is 0 Å². The van der Waals surface area contributed by atoms with Gasteiger partial charge in [0, 0.05) is 36.1 Å². The summed E-state index contributed by atoms with van der Waals surface area (Å²) in [6, 6.07) is 6.54. The van der Waals surface area contributed by atoms with Gasteiger partial charge < -0.3 is 10.1 Å². The zero-order valence-corrected chi connectivity index (χ0v) is 12.9. The van der Waals surface area contributed by atoms with Crippen LogP contribution < -0.4 is 10.1 Å². The van der Waals surface area contributed by atoms with Crippen molar-refractivity contribution in [1.82, 2.24) is 15.3 Å². The van der Waals surface area contributed by atoms with Crippen LogP contribution in [0.2, 0.25) is 0 Å². The number of methoxy groups -OCH3 is 1. The van der Waals surface area contributed by atoms with Crippen LogP contribution in [0.15, 0.2) is 35.1 Å². The number of ether oxygens (including phenoxy) is 1. The van der Waals surface area contributed by atoms with Gasteiger partial charge in [-0.2, -0.15) is 0 Å². The number of aromatic nitrogens is 2. The smallest absolute Gasteiger partial charge is 0.159 e. The minimum Gasteiger partial charge on any atom is -0.496 e. The summed E-state index contributed by atoms with van der Waals surface area (Å²) in [6.07, 6.45) is 6.35. The summed E-state index contributed by atoms with van der Waals surface area (Å²) < 4.78 is 6.12. The Morgan fingerprint density at radius 3 is 2.65 bits per heavy atom. The van der Waals surface area contributed by atoms with Gasteiger partial charge in [0.15, 0.2) is 5.82 Å². The zero-order chi connectivity index (χ0) is 13.9. The van der Waals surface area contributed by atoms with Gasteiger partial charge in [-0.15, -0.1) is 0 Å². The maximum absolute atomic E-state index is 5.22. The van der Waals surface area contributed by atoms with E-state index in [1.807, 2.05) is 30.6 Å². The van der Waals surface area contributed by atoms with E-state index in [9.17, 15) is 0 Å². The molecule has 4 nitrogen and oxygen atoms in total. The van der Waals surface area contributed by atoms with Crippen LogP contribution >= 0.6 is 15.9 Å². The summed E-state index contributed by atoms with van der Waals surface area (Å²) in [5, 5.41) is 3.45. The van der Waals surface area contributed by atoms with Crippen LogP contribution in [0.25, 0.3) is 11.4 Å². The summed E-state index contributed by atoms with van der Waals surface area (Å²) >= 11 is 3.48. The second-order valence-corrected chi connectivity index (χ2v) is 5.77. The molecule has 20 heavy (non-hydrogen) atoms. The standard InChI is InChI=1S/C15H16BrN3O/c1-20-14-5-2-11(6-13(14)16)15-18-8-10(9-19-15)7-17-12-3-4-12/h2,5-6,8-9,12,17H,3-4,7H2,1H3. The Kier molecular flexibility index (Phi) is 3.98. The van der Waals surface area contributed by atoms with Crippen molar-refractivity contribution in [2.45, 2.75) is 25.4 Å². The van der Waals surface area contributed by atoms with Gasteiger partial charge in [-0.3, -0.25) is 0 Å². The van der Waals surface area contributed by atoms with E-state index < -0.39 is 0 Å². The first-order chi connectivity index (χ1) is 9.76. The number of hydrogen-bond donors (Lipinski definition) is 1. The number of rotatable bonds is 5. The van der Waals surface area contributed by atoms with Gasteiger partial charge >= 0.3 is 0 Å². The normalized spacial score (nSPS) is 14.3. The molecular formula is C15H16BrN3O. The molecule has 0 saturated heterocycles. The summed E-state index contributed by atoms with van der Waals surface area (Å²) in [4.78, 5) is 8.86. The minimum atomic E-state index is 0.701. The minimum absolute atomic E-state index is 0.701. The fourth-order valence-corrected chi connectivity index (χ4v) is 2.49. The molecule has 104 valence electrons. The highest BCUT2D eigenvalue weighted by atomic mass is 79.9. The summed E-state index contributed by atoms with van der Waals surface area (Å²) in [7, 11) is 1.65. The van der Waals surface area contributed by atoms with Crippen molar-refractivity contribution in [3.05, 3.63) is 40.6 Å². The average Bonchev–Trinajstić information content (AvgIpc) is 3.30. The van der Waals surface area contributed by atoms with E-state index in [2.05, 4.69) is 31.2 Å². The molecule has 0 bridgehead atoms. The van der Waals surface area contributed by atoms with Crippen molar-refractivity contribution in [3.8, 4) is 17.1 Å². The molecule has 1 fully saturated rings. The van der Waals surface area contributed by atoms with Crippen molar-refractivity contribution in [3.63, 3.8) is 0 Å². The molecule has 1 aliphatic carbocycles. The Morgan fingerprint density at radius 2 is 2.05 bits per heavy atom. The summed E-state index contributed by atoms with van der Waals surface area (Å²) in [5.74, 6) is 1.53. The Morgan fingerprint density at radius 1 is 1.30 bits per heavy atom. The van der Waals surface area contributed by atoms with Crippen LogP contribution in [-0.2, 0) is 6.54 Å². The Bertz CT molecular complexity index is 597. The van der Waals surface area contributed by atoms with Crippen molar-refractivity contribution >= 4 is 15.9 Å². The lowest BCUT2D eigenvalue weighted by atomic mass is 10.2. The highest BCUT2D eigenvalue weighted by molar-refractivity contribution is 9.10. The molecule has 1 saturated carbocycles. The molecule has 1 aromatic carbocycles. The summed E-state index contributed by atoms with van der Waals surface area (Å²) in [5.41, 5.74) is 2.09. The first-order valence-corrected chi connectivity index (χ1v) is 7.44. The van der Waals surface area contributed by atoms with Crippen molar-refractivity contribution < 1.29 is 4.74 Å². The predicted octanol–water partition coefficient (Wildman–Crippen LogP) is 3.17. The van der Waals surface area contributed by atoms with Gasteiger partial charge in [-0.25, -0.2) is 9.97 Å². The molecule has 0 spiro atoms. The molecule has 1 aromatic heterocycles. The Labute approximate surface area is 126 Å². The third kappa shape index (κ3) is 3.16. The molecule has 1 N–H and O–H groups in total. The van der Waals surface area contributed by atoms with E-state index in [1.54, 1.807) is 7.11 Å². The monoisotopic (exact) mass is 333 g/mol. The quantitative estimate of drug-likeness (QED) is 0.912. The molecular weight excluding hydrogens is 318 g/mol. The lowest BCUT2D eigenvalue weighted by Crippen LogP contribution is -2.15. The molecule has 1 heterocycles. The van der Waals surface area contributed by atoms with Gasteiger partial charge in [0.25, 0.3) is 0 Å². The van der Waals surface area contributed by atoms with Crippen LogP contribution in [0.3, 0.4) is 0 Å². The lowest BCUT2D eigenvalue weighted by Gasteiger charge is -2.06. The van der Waals surface area contributed by atoms with Crippen molar-refractivity contribution in [2.24, 2.45) is 0 Å². The molecule has 0 unspecified atom stereocenters. The van der Waals surface area contributed by atoms with Gasteiger partial charge in [0.05, 0.1) is 11.6 Å². The third-order valence-electron chi connectivity index (χ3n) is 3.29. The number of benzene rings is 1. The second kappa shape index (κ2) is 5.89. The number of nitrogens with zero attached hydrogens (tertiary/aromatic N) is 2. The number of nitrogens with one attached hydrogen (secondary N) is 1. The number of hydrogen-bond acceptors (Lipinski definition) is 4. The predicted molar refractivity (Wildman–Crippen MR) is 81.6 cm³/mol. The molecule has 0 radical (unpaired) electrons. The molecule has 1 aliphatic rings. The SMILES string of the molecule is COc1ccc(-c2ncc(CNC3CC3)cn2)cc1Br. The number of halogens is 1. The van der Waals surface area contributed by atoms with Gasteiger partial charge in [0.1, 0.15) is 5.75 Å². The molecule has 0 amide bonds. The fraction of sp³-hybridized carbons (Fsp3) is 0.333. The maximum atomic E-state index is 5.22. The molecule has 5 heteroatoms. The van der Waals surface area contributed by atoms with Crippen LogP contribution in [0.1, 0.15) is 18.4 Å². The van der Waals surface area contributed by atoms with Crippen LogP contribution in [0, 0.1) is 0 Å². The maximum Gasteiger partial charge on any atom is 0.159 e. The lowest BCUT2D eigenvalue weighted by molar-refractivity contribution is 0.412. The zero-order valence-electron chi connectivity index (χ0n) is 11.3. The largest absolute Gasteiger partial charge is 0.496 e. The van der Waals surface area contributed by atoms with E-state index >= 15 is 0 Å². The Hall–Kier alpha value is -1.46. The highest BCUT2D eigenvalue weighted by Gasteiger charge is 2.19. The second-order valence-electron chi connectivity index (χ2n) is 4.92. The topological polar surface area (TPSA) is 47.0 Å². The fourth-order valence-electron chi connectivity index (χ4n) is 1.95. The van der Waals surface area contributed by atoms with E-state index in [1.165, 1.54) is 12.8 Å². The van der Waals surface area contributed by atoms with Crippen LogP contribution in [-0.4, -0.2) is 23.1 Å². The van der Waals surface area contributed by atoms with Gasteiger partial charge in [-0.1, -0.05) is 0 Å². The molecule has 0 aliphatic heterocycles. The average molecular weight is 334 g/mol. The van der Waals surface area contributed by atoms with E-state index in [4.69, 9.17) is 4.74 Å². The third-order valence-corrected chi connectivity index (χ3v) is 3.91. The first kappa shape index (κ1) is 13.5. The van der Waals surface area contributed by atoms with E-state index in [-0.39, 0.29) is 0 Å². The summed E-state index contributed by atoms with van der Waals surface area (Å²) in [6.45, 7) is 0.844. The van der Waals surface area contributed by atoms with Gasteiger partial charge in [0.2, 0.25) is 0 Å². The molecule has 3 rings (SSSR count). The van der Waals surface area contributed by atoms with Crippen LogP contribution in [0.5, 0.6) is 5.75 Å². The van der Waals surface area contributed by atoms with Crippen molar-refractivity contribution in [1.29, 1.82) is 0 Å². The van der Waals surface area contributed by atoms with Crippen molar-refractivity contribution in [2.75, 3.05) is 7.11 Å². The van der Waals surface area contributed by atoms with Gasteiger partial charge in [-0.05, 0) is 47.0 Å². The van der Waals surface area contributed by atoms with E-state index in [0.717, 1.165) is 33.7 Å². The Balaban J connectivity index is 1.74.